The third-order valence-electron chi connectivity index (χ3n) is 17.6. The molecule has 524 valence electrons. The Morgan fingerprint density at radius 3 is 0.827 bits per heavy atom. The zero-order valence-corrected chi connectivity index (χ0v) is 68.1. The number of rotatable bonds is 30. The second-order valence-electron chi connectivity index (χ2n) is 25.0. The van der Waals surface area contributed by atoms with Crippen LogP contribution in [0.15, 0.2) is 381 Å². The van der Waals surface area contributed by atoms with Crippen molar-refractivity contribution in [3.8, 4) is 5.69 Å². The zero-order valence-electron chi connectivity index (χ0n) is 58.5. The summed E-state index contributed by atoms with van der Waals surface area (Å²) in [5.41, 5.74) is 19.2. The fraction of sp³-hybridized carbons (Fsp3) is 0.128. The Labute approximate surface area is 667 Å². The summed E-state index contributed by atoms with van der Waals surface area (Å²) in [4.78, 5) is 6.95. The molecule has 0 saturated carbocycles. The first-order chi connectivity index (χ1) is 50.9. The van der Waals surface area contributed by atoms with E-state index in [1.807, 2.05) is 48.6 Å². The molecule has 0 atom stereocenters. The maximum atomic E-state index is 3.78. The summed E-state index contributed by atoms with van der Waals surface area (Å²) in [6.07, 6.45) is 37.1. The number of anilines is 9. The van der Waals surface area contributed by atoms with Crippen molar-refractivity contribution in [3.63, 3.8) is 0 Å². The third-order valence-corrected chi connectivity index (χ3v) is 20.7. The molecule has 0 fully saturated rings. The van der Waals surface area contributed by atoms with Crippen LogP contribution >= 0.6 is 95.6 Å². The summed E-state index contributed by atoms with van der Waals surface area (Å²) < 4.78 is 8.81. The van der Waals surface area contributed by atoms with Gasteiger partial charge in [0.2, 0.25) is 0 Å². The molecule has 1 heterocycles. The van der Waals surface area contributed by atoms with Crippen molar-refractivity contribution in [2.45, 2.75) is 77.0 Å². The van der Waals surface area contributed by atoms with Crippen molar-refractivity contribution in [2.75, 3.05) is 14.7 Å². The van der Waals surface area contributed by atoms with Gasteiger partial charge in [-0.3, -0.25) is 0 Å². The van der Waals surface area contributed by atoms with Crippen LogP contribution in [0.2, 0.25) is 0 Å². The van der Waals surface area contributed by atoms with Gasteiger partial charge >= 0.3 is 0 Å². The number of unbranched alkanes of at least 4 members (excludes halogenated alkanes) is 4. The highest BCUT2D eigenvalue weighted by Gasteiger charge is 2.19. The van der Waals surface area contributed by atoms with E-state index >= 15 is 0 Å². The van der Waals surface area contributed by atoms with Gasteiger partial charge in [-0.1, -0.05) is 243 Å². The molecule has 10 heteroatoms. The molecule has 0 amide bonds. The van der Waals surface area contributed by atoms with Crippen LogP contribution in [0.5, 0.6) is 0 Å². The van der Waals surface area contributed by atoms with E-state index in [2.05, 4.69) is 420 Å². The van der Waals surface area contributed by atoms with Gasteiger partial charge in [0.15, 0.2) is 0 Å². The van der Waals surface area contributed by atoms with Crippen molar-refractivity contribution in [3.05, 3.63) is 403 Å². The van der Waals surface area contributed by atoms with E-state index in [1.54, 1.807) is 0 Å². The minimum Gasteiger partial charge on any atom is -0.311 e. The topological polar surface area (TPSA) is 14.7 Å². The SMILES string of the molecule is C=C/C=C/CCCc1ccc(-n2c3ccc(Br)cc3c3cc(Br)ccc32)cc1.C=C/C=C/CCCc1ccc(N(c2ccc(Br)cc2)c2ccc(Br)cc2)cc1.C=C/C=C/CCCc1cccc(N(c2ccc(Br)cc2)c2ccc(N(c3ccc(Br)cc3)c3cccc(CCC/C=C/C=C)c3)cc2)c1. The Hall–Kier alpha value is -8.58. The normalized spacial score (nSPS) is 11.2. The highest BCUT2D eigenvalue weighted by atomic mass is 79.9. The number of hydrogen-bond acceptors (Lipinski definition) is 3. The lowest BCUT2D eigenvalue weighted by Gasteiger charge is -2.29. The molecule has 11 aromatic carbocycles. The lowest BCUT2D eigenvalue weighted by molar-refractivity contribution is 0.842. The first-order valence-electron chi connectivity index (χ1n) is 35.3. The molecule has 0 N–H and O–H groups in total. The number of halogens is 6. The van der Waals surface area contributed by atoms with Gasteiger partial charge in [0, 0.05) is 94.5 Å². The number of benzene rings is 11. The monoisotopic (exact) mass is 1740 g/mol. The Kier molecular flexibility index (Phi) is 30.9. The first kappa shape index (κ1) is 78.0. The predicted molar refractivity (Wildman–Crippen MR) is 473 cm³/mol. The summed E-state index contributed by atoms with van der Waals surface area (Å²) in [7, 11) is 0. The van der Waals surface area contributed by atoms with E-state index in [0.29, 0.717) is 0 Å². The van der Waals surface area contributed by atoms with Gasteiger partial charge in [-0.15, -0.1) is 0 Å². The quantitative estimate of drug-likeness (QED) is 0.0329. The molecule has 1 aromatic heterocycles. The predicted octanol–water partition coefficient (Wildman–Crippen LogP) is 31.4. The van der Waals surface area contributed by atoms with Crippen molar-refractivity contribution in [2.24, 2.45) is 0 Å². The van der Waals surface area contributed by atoms with Crippen molar-refractivity contribution in [1.82, 2.24) is 4.57 Å². The summed E-state index contributed by atoms with van der Waals surface area (Å²) in [5, 5.41) is 2.51. The lowest BCUT2D eigenvalue weighted by Crippen LogP contribution is -2.12. The average molecular weight is 1750 g/mol. The summed E-state index contributed by atoms with van der Waals surface area (Å²) in [6.45, 7) is 15.0. The highest BCUT2D eigenvalue weighted by molar-refractivity contribution is 9.11. The highest BCUT2D eigenvalue weighted by Crippen LogP contribution is 2.42. The molecule has 12 rings (SSSR count). The Morgan fingerprint density at radius 2 is 0.519 bits per heavy atom. The van der Waals surface area contributed by atoms with Crippen LogP contribution in [0.4, 0.5) is 51.2 Å². The van der Waals surface area contributed by atoms with Crippen molar-refractivity contribution in [1.29, 1.82) is 0 Å². The van der Waals surface area contributed by atoms with E-state index in [4.69, 9.17) is 0 Å². The van der Waals surface area contributed by atoms with Gasteiger partial charge in [-0.2, -0.15) is 0 Å². The first-order valence-corrected chi connectivity index (χ1v) is 40.0. The fourth-order valence-electron chi connectivity index (χ4n) is 12.5. The third kappa shape index (κ3) is 22.7. The van der Waals surface area contributed by atoms with Crippen LogP contribution in [0.3, 0.4) is 0 Å². The van der Waals surface area contributed by atoms with Gasteiger partial charge in [0.25, 0.3) is 0 Å². The molecular weight excluding hydrogens is 1660 g/mol. The van der Waals surface area contributed by atoms with Crippen LogP contribution in [0, 0.1) is 0 Å². The van der Waals surface area contributed by atoms with Crippen LogP contribution in [-0.2, 0) is 25.7 Å². The fourth-order valence-corrected chi connectivity index (χ4v) is 14.3. The molecule has 0 radical (unpaired) electrons. The molecule has 0 aliphatic rings. The molecule has 12 aromatic rings. The lowest BCUT2D eigenvalue weighted by atomic mass is 10.1. The Morgan fingerprint density at radius 1 is 0.260 bits per heavy atom. The summed E-state index contributed by atoms with van der Waals surface area (Å²) >= 11 is 21.5. The maximum Gasteiger partial charge on any atom is 0.0541 e. The standard InChI is InChI=1S/C44H42Br2N2.C25H21Br2N.C25H23Br2N/c1-3-5-7-9-11-15-35-17-13-19-43(33-35)47(39-25-21-37(45)22-26-39)41-29-31-42(32-30-41)48(40-27-23-38(46)24-28-40)44-20-14-18-36(34-44)16-12-10-8-6-4-2;1-2-3-4-5-6-7-18-8-12-21(13-9-18)28-24-14-10-19(26)16-22(24)23-17-20(27)11-15-25(23)28;1-2-3-4-5-6-7-20-8-14-23(15-9-20)28(24-16-10-21(26)11-17-24)25-18-12-22(27)13-19-25/h3-8,13-14,17-34H,1-2,9-12,15-16H2;2-4,8-17H,1,5-7H2;2-4,8-19H,1,5-7H2/b7-5+,8-6+;2*4-3+. The average Bonchev–Trinajstić information content (AvgIpc) is 1.58. The number of aromatic nitrogens is 1. The summed E-state index contributed by atoms with van der Waals surface area (Å²) in [6, 6.07) is 91.5. The number of fused-ring (bicyclic) bond motifs is 3. The molecule has 0 bridgehead atoms. The summed E-state index contributed by atoms with van der Waals surface area (Å²) in [5.74, 6) is 0. The number of allylic oxidation sites excluding steroid dienone is 12. The molecule has 0 aliphatic carbocycles. The molecule has 0 saturated heterocycles. The van der Waals surface area contributed by atoms with Gasteiger partial charge < -0.3 is 19.3 Å². The number of hydrogen-bond donors (Lipinski definition) is 0. The van der Waals surface area contributed by atoms with Crippen LogP contribution in [-0.4, -0.2) is 4.57 Å². The van der Waals surface area contributed by atoms with Gasteiger partial charge in [-0.05, 0) is 306 Å². The van der Waals surface area contributed by atoms with Gasteiger partial charge in [0.05, 0.1) is 11.0 Å². The van der Waals surface area contributed by atoms with Crippen molar-refractivity contribution < 1.29 is 0 Å². The second-order valence-corrected chi connectivity index (χ2v) is 30.5. The maximum absolute atomic E-state index is 3.78. The van der Waals surface area contributed by atoms with E-state index in [9.17, 15) is 0 Å². The second kappa shape index (κ2) is 41.2. The number of nitrogens with zero attached hydrogens (tertiary/aromatic N) is 4. The Bertz CT molecular complexity index is 4620. The van der Waals surface area contributed by atoms with E-state index in [1.165, 1.54) is 49.7 Å². The molecule has 104 heavy (non-hydrogen) atoms. The van der Waals surface area contributed by atoms with E-state index in [-0.39, 0.29) is 0 Å². The van der Waals surface area contributed by atoms with Crippen LogP contribution in [0.1, 0.15) is 73.6 Å². The molecular formula is C94H86Br6N4. The minimum atomic E-state index is 1.02. The van der Waals surface area contributed by atoms with Gasteiger partial charge in [0.1, 0.15) is 0 Å². The largest absolute Gasteiger partial charge is 0.311 e. The van der Waals surface area contributed by atoms with Gasteiger partial charge in [-0.25, -0.2) is 0 Å². The molecule has 0 aliphatic heterocycles. The zero-order chi connectivity index (χ0) is 72.8. The van der Waals surface area contributed by atoms with E-state index < -0.39 is 0 Å². The smallest absolute Gasteiger partial charge is 0.0541 e. The van der Waals surface area contributed by atoms with Crippen LogP contribution < -0.4 is 14.7 Å². The van der Waals surface area contributed by atoms with E-state index in [0.717, 1.165) is 155 Å². The van der Waals surface area contributed by atoms with Crippen LogP contribution in [0.25, 0.3) is 27.5 Å². The molecule has 0 spiro atoms. The molecule has 0 unspecified atom stereocenters. The number of aryl methyl sites for hydroxylation is 4. The molecule has 4 nitrogen and oxygen atoms in total. The Balaban J connectivity index is 0.000000178. The minimum absolute atomic E-state index is 1.02. The van der Waals surface area contributed by atoms with Crippen molar-refractivity contribution >= 4 is 169 Å².